The maximum atomic E-state index is 13.3. The van der Waals surface area contributed by atoms with Gasteiger partial charge in [0.1, 0.15) is 18.1 Å². The number of carbonyl (C=O) groups is 2. The number of aryl methyl sites for hydroxylation is 1. The lowest BCUT2D eigenvalue weighted by molar-refractivity contribution is -0.140. The third-order valence-electron chi connectivity index (χ3n) is 7.49. The van der Waals surface area contributed by atoms with Crippen LogP contribution in [0.25, 0.3) is 5.76 Å². The first-order chi connectivity index (χ1) is 19.4. The summed E-state index contributed by atoms with van der Waals surface area (Å²) in [6, 6.07) is 21.3. The normalized spacial score (nSPS) is 19.2. The van der Waals surface area contributed by atoms with Gasteiger partial charge in [0.2, 0.25) is 0 Å². The van der Waals surface area contributed by atoms with Crippen LogP contribution in [0.2, 0.25) is 5.02 Å². The van der Waals surface area contributed by atoms with Crippen molar-refractivity contribution < 1.29 is 24.2 Å². The number of ketones is 1. The topological polar surface area (TPSA) is 79.3 Å². The molecule has 0 radical (unpaired) electrons. The molecule has 2 saturated heterocycles. The molecule has 0 bridgehead atoms. The fraction of sp³-hybridized carbons (Fsp3) is 0.312. The van der Waals surface area contributed by atoms with Gasteiger partial charge in [-0.3, -0.25) is 14.5 Å². The lowest BCUT2D eigenvalue weighted by Crippen LogP contribution is -2.38. The molecule has 0 aromatic heterocycles. The average molecular weight is 561 g/mol. The van der Waals surface area contributed by atoms with Crippen molar-refractivity contribution in [1.29, 1.82) is 0 Å². The van der Waals surface area contributed by atoms with Crippen LogP contribution in [0.15, 0.2) is 78.4 Å². The highest BCUT2D eigenvalue weighted by molar-refractivity contribution is 6.46. The van der Waals surface area contributed by atoms with Crippen LogP contribution in [-0.4, -0.2) is 66.0 Å². The zero-order valence-corrected chi connectivity index (χ0v) is 23.3. The van der Waals surface area contributed by atoms with Crippen LogP contribution in [0, 0.1) is 6.92 Å². The number of hydrogen-bond donors (Lipinski definition) is 1. The van der Waals surface area contributed by atoms with E-state index in [0.717, 1.165) is 36.3 Å². The van der Waals surface area contributed by atoms with E-state index in [1.807, 2.05) is 31.2 Å². The Hall–Kier alpha value is -3.65. The maximum Gasteiger partial charge on any atom is 0.295 e. The second-order valence-electron chi connectivity index (χ2n) is 10.1. The monoisotopic (exact) mass is 560 g/mol. The fourth-order valence-corrected chi connectivity index (χ4v) is 5.32. The van der Waals surface area contributed by atoms with Crippen molar-refractivity contribution in [2.75, 3.05) is 39.4 Å². The summed E-state index contributed by atoms with van der Waals surface area (Å²) in [4.78, 5) is 30.4. The van der Waals surface area contributed by atoms with Crippen molar-refractivity contribution in [2.24, 2.45) is 0 Å². The van der Waals surface area contributed by atoms with Gasteiger partial charge in [0, 0.05) is 36.8 Å². The highest BCUT2D eigenvalue weighted by atomic mass is 35.5. The van der Waals surface area contributed by atoms with Crippen molar-refractivity contribution in [3.05, 3.63) is 106 Å². The number of likely N-dealkylation sites (tertiary alicyclic amines) is 1. The molecular formula is C32H33ClN2O5. The maximum absolute atomic E-state index is 13.3. The molecule has 2 aliphatic rings. The minimum Gasteiger partial charge on any atom is -0.507 e. The van der Waals surface area contributed by atoms with Gasteiger partial charge in [-0.15, -0.1) is 0 Å². The van der Waals surface area contributed by atoms with E-state index in [-0.39, 0.29) is 11.3 Å². The second-order valence-corrected chi connectivity index (χ2v) is 10.5. The molecule has 1 amide bonds. The Kier molecular flexibility index (Phi) is 8.85. The van der Waals surface area contributed by atoms with Crippen LogP contribution in [0.1, 0.15) is 34.7 Å². The quantitative estimate of drug-likeness (QED) is 0.215. The number of carbonyl (C=O) groups excluding carboxylic acids is 2. The number of amides is 1. The smallest absolute Gasteiger partial charge is 0.295 e. The number of Topliss-reactive ketones (excluding diaryl/α,β-unsaturated/α-hetero) is 1. The van der Waals surface area contributed by atoms with E-state index in [9.17, 15) is 14.7 Å². The first-order valence-corrected chi connectivity index (χ1v) is 13.9. The summed E-state index contributed by atoms with van der Waals surface area (Å²) < 4.78 is 11.4. The van der Waals surface area contributed by atoms with Gasteiger partial charge in [0.15, 0.2) is 0 Å². The molecule has 8 heteroatoms. The van der Waals surface area contributed by atoms with Crippen LogP contribution >= 0.6 is 11.6 Å². The van der Waals surface area contributed by atoms with Gasteiger partial charge < -0.3 is 19.5 Å². The van der Waals surface area contributed by atoms with Crippen LogP contribution in [0.4, 0.5) is 0 Å². The molecule has 3 aromatic carbocycles. The number of morpholine rings is 1. The number of hydrogen-bond acceptors (Lipinski definition) is 6. The third-order valence-corrected chi connectivity index (χ3v) is 7.74. The Bertz CT molecular complexity index is 1380. The van der Waals surface area contributed by atoms with E-state index in [1.165, 1.54) is 0 Å². The van der Waals surface area contributed by atoms with Gasteiger partial charge in [-0.05, 0) is 66.4 Å². The lowest BCUT2D eigenvalue weighted by atomic mass is 9.95. The number of halogens is 1. The zero-order valence-electron chi connectivity index (χ0n) is 22.5. The third kappa shape index (κ3) is 6.22. The van der Waals surface area contributed by atoms with Crippen LogP contribution in [0.3, 0.4) is 0 Å². The summed E-state index contributed by atoms with van der Waals surface area (Å²) in [5, 5.41) is 11.9. The first kappa shape index (κ1) is 27.9. The average Bonchev–Trinajstić information content (AvgIpc) is 3.23. The van der Waals surface area contributed by atoms with Gasteiger partial charge in [0.25, 0.3) is 11.7 Å². The van der Waals surface area contributed by atoms with E-state index >= 15 is 0 Å². The molecule has 1 unspecified atom stereocenters. The Labute approximate surface area is 239 Å². The molecule has 3 aromatic rings. The van der Waals surface area contributed by atoms with Crippen LogP contribution in [0.5, 0.6) is 5.75 Å². The summed E-state index contributed by atoms with van der Waals surface area (Å²) in [6.07, 6.45) is 0.698. The number of rotatable bonds is 9. The summed E-state index contributed by atoms with van der Waals surface area (Å²) in [7, 11) is 0. The van der Waals surface area contributed by atoms with Gasteiger partial charge in [0.05, 0.1) is 24.8 Å². The number of aliphatic hydroxyl groups is 1. The largest absolute Gasteiger partial charge is 0.507 e. The van der Waals surface area contributed by atoms with Crippen molar-refractivity contribution >= 4 is 29.1 Å². The van der Waals surface area contributed by atoms with E-state index < -0.39 is 17.7 Å². The van der Waals surface area contributed by atoms with Crippen LogP contribution in [-0.2, 0) is 20.9 Å². The van der Waals surface area contributed by atoms with Crippen molar-refractivity contribution in [3.8, 4) is 5.75 Å². The predicted octanol–water partition coefficient (Wildman–Crippen LogP) is 5.37. The Morgan fingerprint density at radius 1 is 0.975 bits per heavy atom. The molecule has 2 heterocycles. The summed E-state index contributed by atoms with van der Waals surface area (Å²) in [5.74, 6) is -0.873. The molecule has 0 saturated carbocycles. The van der Waals surface area contributed by atoms with Crippen molar-refractivity contribution in [2.45, 2.75) is 26.0 Å². The summed E-state index contributed by atoms with van der Waals surface area (Å²) in [6.45, 7) is 6.74. The lowest BCUT2D eigenvalue weighted by Gasteiger charge is -2.29. The molecule has 2 aliphatic heterocycles. The molecule has 1 atom stereocenters. The van der Waals surface area contributed by atoms with Crippen molar-refractivity contribution in [1.82, 2.24) is 9.80 Å². The Morgan fingerprint density at radius 3 is 2.38 bits per heavy atom. The van der Waals surface area contributed by atoms with E-state index in [2.05, 4.69) is 4.90 Å². The highest BCUT2D eigenvalue weighted by Gasteiger charge is 2.45. The standard InChI is InChI=1S/C32H33ClN2O5/c1-22-5-2-3-6-25(22)21-40-27-13-9-24(10-14-27)30(36)28-29(23-7-11-26(33)12-8-23)35(32(38)31(28)37)16-4-15-34-17-19-39-20-18-34/h2-3,5-14,29,36H,4,15-21H2,1H3/b30-28+. The number of ether oxygens (including phenoxy) is 2. The summed E-state index contributed by atoms with van der Waals surface area (Å²) in [5.41, 5.74) is 3.47. The molecule has 1 N–H and O–H groups in total. The molecule has 0 spiro atoms. The Morgan fingerprint density at radius 2 is 1.68 bits per heavy atom. The van der Waals surface area contributed by atoms with E-state index in [4.69, 9.17) is 21.1 Å². The Balaban J connectivity index is 1.38. The zero-order chi connectivity index (χ0) is 28.1. The molecule has 2 fully saturated rings. The minimum absolute atomic E-state index is 0.0762. The van der Waals surface area contributed by atoms with Crippen LogP contribution < -0.4 is 4.74 Å². The number of nitrogens with zero attached hydrogens (tertiary/aromatic N) is 2. The van der Waals surface area contributed by atoms with Gasteiger partial charge in [-0.2, -0.15) is 0 Å². The van der Waals surface area contributed by atoms with Gasteiger partial charge >= 0.3 is 0 Å². The number of aliphatic hydroxyl groups excluding tert-OH is 1. The molecule has 208 valence electrons. The van der Waals surface area contributed by atoms with Crippen molar-refractivity contribution in [3.63, 3.8) is 0 Å². The minimum atomic E-state index is -0.709. The predicted molar refractivity (Wildman–Crippen MR) is 154 cm³/mol. The molecule has 7 nitrogen and oxygen atoms in total. The second kappa shape index (κ2) is 12.7. The molecule has 40 heavy (non-hydrogen) atoms. The molecular weight excluding hydrogens is 528 g/mol. The fourth-order valence-electron chi connectivity index (χ4n) is 5.19. The first-order valence-electron chi connectivity index (χ1n) is 13.5. The molecule has 5 rings (SSSR count). The summed E-state index contributed by atoms with van der Waals surface area (Å²) >= 11 is 6.13. The number of benzene rings is 3. The van der Waals surface area contributed by atoms with E-state index in [1.54, 1.807) is 53.4 Å². The van der Waals surface area contributed by atoms with E-state index in [0.29, 0.717) is 49.1 Å². The van der Waals surface area contributed by atoms with Gasteiger partial charge in [-0.25, -0.2) is 0 Å². The van der Waals surface area contributed by atoms with Gasteiger partial charge in [-0.1, -0.05) is 48.0 Å². The highest BCUT2D eigenvalue weighted by Crippen LogP contribution is 2.40. The SMILES string of the molecule is Cc1ccccc1COc1ccc(/C(O)=C2\C(=O)C(=O)N(CCCN3CCOCC3)C2c2ccc(Cl)cc2)cc1. The molecule has 0 aliphatic carbocycles.